The number of carbonyl (C=O) groups is 1. The van der Waals surface area contributed by atoms with Gasteiger partial charge in [0, 0.05) is 18.8 Å². The first-order valence-electron chi connectivity index (χ1n) is 5.21. The second kappa shape index (κ2) is 6.07. The van der Waals surface area contributed by atoms with E-state index < -0.39 is 0 Å². The van der Waals surface area contributed by atoms with Crippen molar-refractivity contribution in [2.45, 2.75) is 13.8 Å². The van der Waals surface area contributed by atoms with Crippen LogP contribution in [-0.4, -0.2) is 29.3 Å². The second-order valence-corrected chi connectivity index (χ2v) is 3.79. The Morgan fingerprint density at radius 1 is 1.56 bits per heavy atom. The molecule has 0 fully saturated rings. The van der Waals surface area contributed by atoms with Crippen molar-refractivity contribution in [1.82, 2.24) is 10.3 Å². The molecule has 0 saturated carbocycles. The van der Waals surface area contributed by atoms with Crippen molar-refractivity contribution in [3.05, 3.63) is 23.9 Å². The van der Waals surface area contributed by atoms with Crippen LogP contribution in [0.4, 0.5) is 10.6 Å². The first-order valence-corrected chi connectivity index (χ1v) is 5.21. The van der Waals surface area contributed by atoms with Gasteiger partial charge in [-0.25, -0.2) is 9.78 Å². The van der Waals surface area contributed by atoms with E-state index in [0.717, 1.165) is 5.69 Å². The SMILES string of the molecule is Cc1cccc(NC(=O)NC[C@@H](C)CO)n1. The van der Waals surface area contributed by atoms with Crippen molar-refractivity contribution in [2.24, 2.45) is 5.92 Å². The highest BCUT2D eigenvalue weighted by Gasteiger charge is 2.04. The van der Waals surface area contributed by atoms with Crippen molar-refractivity contribution < 1.29 is 9.90 Å². The molecule has 5 heteroatoms. The number of hydrogen-bond donors (Lipinski definition) is 3. The molecule has 1 rings (SSSR count). The van der Waals surface area contributed by atoms with Crippen LogP contribution in [0, 0.1) is 12.8 Å². The summed E-state index contributed by atoms with van der Waals surface area (Å²) < 4.78 is 0. The highest BCUT2D eigenvalue weighted by Crippen LogP contribution is 2.03. The van der Waals surface area contributed by atoms with Crippen molar-refractivity contribution in [3.63, 3.8) is 0 Å². The number of rotatable bonds is 4. The number of amides is 2. The van der Waals surface area contributed by atoms with Gasteiger partial charge >= 0.3 is 6.03 Å². The number of hydrogen-bond acceptors (Lipinski definition) is 3. The van der Waals surface area contributed by atoms with Gasteiger partial charge in [0.1, 0.15) is 5.82 Å². The van der Waals surface area contributed by atoms with Gasteiger partial charge in [-0.05, 0) is 25.0 Å². The second-order valence-electron chi connectivity index (χ2n) is 3.79. The maximum absolute atomic E-state index is 11.4. The van der Waals surface area contributed by atoms with Crippen LogP contribution in [0.15, 0.2) is 18.2 Å². The van der Waals surface area contributed by atoms with Gasteiger partial charge in [0.25, 0.3) is 0 Å². The summed E-state index contributed by atoms with van der Waals surface area (Å²) in [6.45, 7) is 4.21. The number of aliphatic hydroxyl groups excluding tert-OH is 1. The van der Waals surface area contributed by atoms with Crippen molar-refractivity contribution >= 4 is 11.8 Å². The summed E-state index contributed by atoms with van der Waals surface area (Å²) in [7, 11) is 0. The molecule has 88 valence electrons. The van der Waals surface area contributed by atoms with Crippen molar-refractivity contribution in [2.75, 3.05) is 18.5 Å². The van der Waals surface area contributed by atoms with E-state index in [2.05, 4.69) is 15.6 Å². The molecule has 0 bridgehead atoms. The molecule has 2 amide bonds. The minimum atomic E-state index is -0.307. The number of urea groups is 1. The van der Waals surface area contributed by atoms with Gasteiger partial charge in [-0.2, -0.15) is 0 Å². The molecule has 0 saturated heterocycles. The molecule has 0 unspecified atom stereocenters. The molecule has 16 heavy (non-hydrogen) atoms. The zero-order valence-electron chi connectivity index (χ0n) is 9.53. The number of anilines is 1. The first-order chi connectivity index (χ1) is 7.61. The number of nitrogens with one attached hydrogen (secondary N) is 2. The molecule has 1 aromatic rings. The Hall–Kier alpha value is -1.62. The fraction of sp³-hybridized carbons (Fsp3) is 0.455. The van der Waals surface area contributed by atoms with Gasteiger partial charge in [-0.3, -0.25) is 5.32 Å². The van der Waals surface area contributed by atoms with Crippen LogP contribution in [0.2, 0.25) is 0 Å². The summed E-state index contributed by atoms with van der Waals surface area (Å²) in [6.07, 6.45) is 0. The molecule has 0 aliphatic carbocycles. The van der Waals surface area contributed by atoms with E-state index in [1.807, 2.05) is 26.0 Å². The zero-order valence-corrected chi connectivity index (χ0v) is 9.53. The highest BCUT2D eigenvalue weighted by atomic mass is 16.3. The van der Waals surface area contributed by atoms with Gasteiger partial charge in [0.05, 0.1) is 0 Å². The number of carbonyl (C=O) groups excluding carboxylic acids is 1. The molecule has 1 atom stereocenters. The van der Waals surface area contributed by atoms with E-state index in [4.69, 9.17) is 5.11 Å². The Labute approximate surface area is 94.9 Å². The van der Waals surface area contributed by atoms with Crippen LogP contribution in [-0.2, 0) is 0 Å². The molecule has 5 nitrogen and oxygen atoms in total. The lowest BCUT2D eigenvalue weighted by molar-refractivity contribution is 0.227. The van der Waals surface area contributed by atoms with Gasteiger partial charge in [-0.15, -0.1) is 0 Å². The van der Waals surface area contributed by atoms with Crippen molar-refractivity contribution in [1.29, 1.82) is 0 Å². The maximum Gasteiger partial charge on any atom is 0.320 e. The minimum Gasteiger partial charge on any atom is -0.396 e. The van der Waals surface area contributed by atoms with E-state index >= 15 is 0 Å². The third-order valence-electron chi connectivity index (χ3n) is 2.05. The topological polar surface area (TPSA) is 74.2 Å². The molecular formula is C11H17N3O2. The minimum absolute atomic E-state index is 0.0521. The average molecular weight is 223 g/mol. The Kier molecular flexibility index (Phi) is 4.72. The lowest BCUT2D eigenvalue weighted by atomic mass is 10.2. The maximum atomic E-state index is 11.4. The summed E-state index contributed by atoms with van der Waals surface area (Å²) in [6, 6.07) is 5.10. The highest BCUT2D eigenvalue weighted by molar-refractivity contribution is 5.88. The van der Waals surface area contributed by atoms with E-state index in [-0.39, 0.29) is 18.6 Å². The van der Waals surface area contributed by atoms with Crippen LogP contribution in [0.1, 0.15) is 12.6 Å². The molecule has 0 aromatic carbocycles. The largest absolute Gasteiger partial charge is 0.396 e. The van der Waals surface area contributed by atoms with Gasteiger partial charge < -0.3 is 10.4 Å². The number of nitrogens with zero attached hydrogens (tertiary/aromatic N) is 1. The number of aryl methyl sites for hydroxylation is 1. The first kappa shape index (κ1) is 12.4. The lowest BCUT2D eigenvalue weighted by Crippen LogP contribution is -2.33. The van der Waals surface area contributed by atoms with Crippen molar-refractivity contribution in [3.8, 4) is 0 Å². The van der Waals surface area contributed by atoms with Crippen LogP contribution in [0.25, 0.3) is 0 Å². The molecular weight excluding hydrogens is 206 g/mol. The Balaban J connectivity index is 2.40. The van der Waals surface area contributed by atoms with Gasteiger partial charge in [-0.1, -0.05) is 13.0 Å². The van der Waals surface area contributed by atoms with Crippen LogP contribution < -0.4 is 10.6 Å². The van der Waals surface area contributed by atoms with E-state index in [1.165, 1.54) is 0 Å². The van der Waals surface area contributed by atoms with Crippen LogP contribution >= 0.6 is 0 Å². The van der Waals surface area contributed by atoms with E-state index in [9.17, 15) is 4.79 Å². The monoisotopic (exact) mass is 223 g/mol. The fourth-order valence-electron chi connectivity index (χ4n) is 1.10. The zero-order chi connectivity index (χ0) is 12.0. The van der Waals surface area contributed by atoms with Crippen LogP contribution in [0.5, 0.6) is 0 Å². The molecule has 0 spiro atoms. The summed E-state index contributed by atoms with van der Waals surface area (Å²) in [5.41, 5.74) is 0.849. The molecule has 0 radical (unpaired) electrons. The third kappa shape index (κ3) is 4.27. The van der Waals surface area contributed by atoms with Gasteiger partial charge in [0.2, 0.25) is 0 Å². The Bertz CT molecular complexity index is 355. The number of aromatic nitrogens is 1. The van der Waals surface area contributed by atoms with E-state index in [1.54, 1.807) is 6.07 Å². The third-order valence-corrected chi connectivity index (χ3v) is 2.05. The molecule has 0 aliphatic rings. The van der Waals surface area contributed by atoms with E-state index in [0.29, 0.717) is 12.4 Å². The number of pyridine rings is 1. The molecule has 0 aliphatic heterocycles. The predicted octanol–water partition coefficient (Wildman–Crippen LogP) is 1.14. The normalized spacial score (nSPS) is 11.9. The molecule has 3 N–H and O–H groups in total. The van der Waals surface area contributed by atoms with Gasteiger partial charge in [0.15, 0.2) is 0 Å². The quantitative estimate of drug-likeness (QED) is 0.716. The lowest BCUT2D eigenvalue weighted by Gasteiger charge is -2.10. The Morgan fingerprint density at radius 2 is 2.31 bits per heavy atom. The summed E-state index contributed by atoms with van der Waals surface area (Å²) in [5, 5.41) is 14.1. The van der Waals surface area contributed by atoms with Crippen LogP contribution in [0.3, 0.4) is 0 Å². The number of aliphatic hydroxyl groups is 1. The molecule has 1 heterocycles. The summed E-state index contributed by atoms with van der Waals surface area (Å²) >= 11 is 0. The average Bonchev–Trinajstić information content (AvgIpc) is 2.26. The Morgan fingerprint density at radius 3 is 2.94 bits per heavy atom. The fourth-order valence-corrected chi connectivity index (χ4v) is 1.10. The molecule has 1 aromatic heterocycles. The standard InChI is InChI=1S/C11H17N3O2/c1-8(7-15)6-12-11(16)14-10-5-3-4-9(2)13-10/h3-5,8,15H,6-7H2,1-2H3,(H2,12,13,14,16)/t8-/m1/s1. The summed E-state index contributed by atoms with van der Waals surface area (Å²) in [4.78, 5) is 15.5. The summed E-state index contributed by atoms with van der Waals surface area (Å²) in [5.74, 6) is 0.574. The predicted molar refractivity (Wildman–Crippen MR) is 62.2 cm³/mol. The smallest absolute Gasteiger partial charge is 0.320 e.